The Balaban J connectivity index is 1.49. The number of para-hydroxylation sites is 1. The molecule has 0 atom stereocenters. The lowest BCUT2D eigenvalue weighted by atomic mass is 9.94. The van der Waals surface area contributed by atoms with E-state index < -0.39 is 21.5 Å². The molecule has 160 valence electrons. The number of hydrogen-bond donors (Lipinski definition) is 2. The number of nitrogens with zero attached hydrogens (tertiary/aromatic N) is 4. The van der Waals surface area contributed by atoms with Crippen molar-refractivity contribution in [2.24, 2.45) is 5.92 Å². The molecule has 0 unspecified atom stereocenters. The largest absolute Gasteiger partial charge is 0.348 e. The van der Waals surface area contributed by atoms with Crippen molar-refractivity contribution in [3.05, 3.63) is 57.8 Å². The van der Waals surface area contributed by atoms with Gasteiger partial charge in [0.2, 0.25) is 10.0 Å². The van der Waals surface area contributed by atoms with Crippen molar-refractivity contribution < 1.29 is 12.8 Å². The Bertz CT molecular complexity index is 1200. The van der Waals surface area contributed by atoms with Gasteiger partial charge in [-0.15, -0.1) is 0 Å². The summed E-state index contributed by atoms with van der Waals surface area (Å²) in [4.78, 5) is 12.4. The summed E-state index contributed by atoms with van der Waals surface area (Å²) in [5, 5.41) is 13.2. The molecule has 0 bridgehead atoms. The summed E-state index contributed by atoms with van der Waals surface area (Å²) < 4.78 is 42.9. The van der Waals surface area contributed by atoms with E-state index in [2.05, 4.69) is 20.4 Å². The molecule has 0 aliphatic carbocycles. The molecule has 30 heavy (non-hydrogen) atoms. The molecule has 1 aliphatic heterocycles. The predicted octanol–water partition coefficient (Wildman–Crippen LogP) is 1.68. The van der Waals surface area contributed by atoms with Crippen LogP contribution in [0.4, 0.5) is 4.39 Å². The fourth-order valence-corrected chi connectivity index (χ4v) is 5.81. The van der Waals surface area contributed by atoms with Crippen LogP contribution in [-0.2, 0) is 16.4 Å². The molecule has 4 rings (SSSR count). The molecular weight excluding hydrogens is 411 g/mol. The lowest BCUT2D eigenvalue weighted by Gasteiger charge is -2.31. The maximum atomic E-state index is 14.2. The van der Waals surface area contributed by atoms with Gasteiger partial charge in [-0.25, -0.2) is 27.3 Å². The monoisotopic (exact) mass is 434 g/mol. The highest BCUT2D eigenvalue weighted by molar-refractivity contribution is 7.89. The molecule has 3 heterocycles. The molecule has 0 radical (unpaired) electrons. The molecule has 11 heteroatoms. The van der Waals surface area contributed by atoms with E-state index in [4.69, 9.17) is 0 Å². The zero-order chi connectivity index (χ0) is 21.5. The normalized spacial score (nSPS) is 16.2. The van der Waals surface area contributed by atoms with Crippen molar-refractivity contribution in [3.8, 4) is 5.69 Å². The standard InChI is InChI=1S/C19H23FN6O3S/c1-12-18(13(2)22-21-12)30(28,29)25-9-7-14(8-10-25)11-17-23-24-19(27)26(17)16-6-4-3-5-15(16)20/h3-6,14H,7-11H2,1-2H3,(H,21,22)(H,24,27). The van der Waals surface area contributed by atoms with Crippen molar-refractivity contribution >= 4 is 10.0 Å². The number of aromatic nitrogens is 5. The SMILES string of the molecule is Cc1n[nH]c(C)c1S(=O)(=O)N1CCC(Cc2n[nH]c(=O)n2-c2ccccc2F)CC1. The highest BCUT2D eigenvalue weighted by Crippen LogP contribution is 2.28. The first-order valence-electron chi connectivity index (χ1n) is 9.72. The van der Waals surface area contributed by atoms with Gasteiger partial charge in [-0.1, -0.05) is 12.1 Å². The summed E-state index contributed by atoms with van der Waals surface area (Å²) in [6.07, 6.45) is 1.69. The van der Waals surface area contributed by atoms with E-state index in [1.165, 1.54) is 21.0 Å². The van der Waals surface area contributed by atoms with E-state index in [9.17, 15) is 17.6 Å². The molecule has 2 N–H and O–H groups in total. The number of hydrogen-bond acceptors (Lipinski definition) is 5. The van der Waals surface area contributed by atoms with Crippen LogP contribution < -0.4 is 5.69 Å². The van der Waals surface area contributed by atoms with E-state index in [1.807, 2.05) is 0 Å². The smallest absolute Gasteiger partial charge is 0.281 e. The molecule has 9 nitrogen and oxygen atoms in total. The number of nitrogens with one attached hydrogen (secondary N) is 2. The van der Waals surface area contributed by atoms with Crippen LogP contribution in [0.3, 0.4) is 0 Å². The molecule has 3 aromatic rings. The van der Waals surface area contributed by atoms with Gasteiger partial charge in [-0.3, -0.25) is 5.10 Å². The lowest BCUT2D eigenvalue weighted by Crippen LogP contribution is -2.39. The molecule has 0 amide bonds. The van der Waals surface area contributed by atoms with Gasteiger partial charge in [0.25, 0.3) is 0 Å². The third-order valence-corrected chi connectivity index (χ3v) is 7.70. The number of piperidine rings is 1. The zero-order valence-electron chi connectivity index (χ0n) is 16.7. The Kier molecular flexibility index (Phi) is 5.33. The number of aryl methyl sites for hydroxylation is 2. The van der Waals surface area contributed by atoms with Gasteiger partial charge in [0.15, 0.2) is 0 Å². The Hall–Kier alpha value is -2.79. The van der Waals surface area contributed by atoms with Crippen molar-refractivity contribution in [3.63, 3.8) is 0 Å². The van der Waals surface area contributed by atoms with Gasteiger partial charge in [0.1, 0.15) is 16.5 Å². The molecule has 0 spiro atoms. The Morgan fingerprint density at radius 3 is 2.47 bits per heavy atom. The van der Waals surface area contributed by atoms with Gasteiger partial charge in [-0.05, 0) is 44.7 Å². The van der Waals surface area contributed by atoms with Crippen molar-refractivity contribution in [1.29, 1.82) is 0 Å². The first kappa shape index (κ1) is 20.5. The van der Waals surface area contributed by atoms with Crippen LogP contribution in [0.15, 0.2) is 34.0 Å². The molecular formula is C19H23FN6O3S. The van der Waals surface area contributed by atoms with Gasteiger partial charge in [0.05, 0.1) is 17.1 Å². The topological polar surface area (TPSA) is 117 Å². The van der Waals surface area contributed by atoms with E-state index >= 15 is 0 Å². The van der Waals surface area contributed by atoms with E-state index in [0.717, 1.165) is 0 Å². The zero-order valence-corrected chi connectivity index (χ0v) is 17.5. The number of rotatable bonds is 5. The summed E-state index contributed by atoms with van der Waals surface area (Å²) in [5.74, 6) is 0.0608. The van der Waals surface area contributed by atoms with Gasteiger partial charge in [-0.2, -0.15) is 14.5 Å². The molecule has 1 saturated heterocycles. The first-order valence-corrected chi connectivity index (χ1v) is 11.2. The number of halogens is 1. The van der Waals surface area contributed by atoms with E-state index in [1.54, 1.807) is 26.0 Å². The number of sulfonamides is 1. The molecule has 1 fully saturated rings. The molecule has 0 saturated carbocycles. The summed E-state index contributed by atoms with van der Waals surface area (Å²) in [6, 6.07) is 6.04. The third kappa shape index (κ3) is 3.58. The quantitative estimate of drug-likeness (QED) is 0.634. The average molecular weight is 434 g/mol. The Labute approximate surface area is 173 Å². The van der Waals surface area contributed by atoms with Crippen molar-refractivity contribution in [2.45, 2.75) is 38.0 Å². The van der Waals surface area contributed by atoms with Crippen molar-refractivity contribution in [1.82, 2.24) is 29.3 Å². The van der Waals surface area contributed by atoms with E-state index in [-0.39, 0.29) is 16.5 Å². The number of H-pyrrole nitrogens is 2. The minimum absolute atomic E-state index is 0.128. The van der Waals surface area contributed by atoms with Crippen molar-refractivity contribution in [2.75, 3.05) is 13.1 Å². The van der Waals surface area contributed by atoms with E-state index in [0.29, 0.717) is 49.6 Å². The van der Waals surface area contributed by atoms with Crippen LogP contribution in [0.25, 0.3) is 5.69 Å². The van der Waals surface area contributed by atoms with Gasteiger partial charge < -0.3 is 0 Å². The molecule has 1 aliphatic rings. The maximum Gasteiger partial charge on any atom is 0.348 e. The highest BCUT2D eigenvalue weighted by Gasteiger charge is 2.33. The average Bonchev–Trinajstić information content (AvgIpc) is 3.24. The first-order chi connectivity index (χ1) is 14.3. The second kappa shape index (κ2) is 7.80. The van der Waals surface area contributed by atoms with Crippen LogP contribution in [0.1, 0.15) is 30.1 Å². The Morgan fingerprint density at radius 2 is 1.83 bits per heavy atom. The van der Waals surface area contributed by atoms with Crippen LogP contribution in [0.5, 0.6) is 0 Å². The Morgan fingerprint density at radius 1 is 1.13 bits per heavy atom. The summed E-state index contributed by atoms with van der Waals surface area (Å²) in [6.45, 7) is 4.10. The maximum absolute atomic E-state index is 14.2. The van der Waals surface area contributed by atoms with Crippen LogP contribution >= 0.6 is 0 Å². The summed E-state index contributed by atoms with van der Waals surface area (Å²) in [7, 11) is -3.62. The minimum Gasteiger partial charge on any atom is -0.281 e. The molecule has 2 aromatic heterocycles. The number of aromatic amines is 2. The third-order valence-electron chi connectivity index (χ3n) is 5.54. The van der Waals surface area contributed by atoms with Gasteiger partial charge >= 0.3 is 5.69 Å². The number of benzene rings is 1. The van der Waals surface area contributed by atoms with Gasteiger partial charge in [0, 0.05) is 19.5 Å². The molecule has 1 aromatic carbocycles. The fourth-order valence-electron chi connectivity index (χ4n) is 4.01. The minimum atomic E-state index is -3.62. The second-order valence-corrected chi connectivity index (χ2v) is 9.42. The lowest BCUT2D eigenvalue weighted by molar-refractivity contribution is 0.269. The van der Waals surface area contributed by atoms with Crippen LogP contribution in [0, 0.1) is 25.6 Å². The van der Waals surface area contributed by atoms with Crippen LogP contribution in [0.2, 0.25) is 0 Å². The summed E-state index contributed by atoms with van der Waals surface area (Å²) >= 11 is 0. The second-order valence-electron chi connectivity index (χ2n) is 7.55. The fraction of sp³-hybridized carbons (Fsp3) is 0.421. The van der Waals surface area contributed by atoms with Crippen LogP contribution in [-0.4, -0.2) is 50.8 Å². The predicted molar refractivity (Wildman–Crippen MR) is 107 cm³/mol. The highest BCUT2D eigenvalue weighted by atomic mass is 32.2. The summed E-state index contributed by atoms with van der Waals surface area (Å²) in [5.41, 5.74) is 0.637.